The molecule has 0 bridgehead atoms. The number of ether oxygens (including phenoxy) is 1. The second-order valence-electron chi connectivity index (χ2n) is 9.93. The highest BCUT2D eigenvalue weighted by Gasteiger charge is 2.23. The van der Waals surface area contributed by atoms with Crippen LogP contribution in [0.15, 0.2) is 60.7 Å². The topological polar surface area (TPSA) is 65.0 Å². The largest absolute Gasteiger partial charge is 0.508 e. The van der Waals surface area contributed by atoms with Gasteiger partial charge in [-0.25, -0.2) is 0 Å². The lowest BCUT2D eigenvalue weighted by atomic mass is 9.79. The van der Waals surface area contributed by atoms with E-state index >= 15 is 0 Å². The average Bonchev–Trinajstić information content (AvgIpc) is 2.87. The fourth-order valence-corrected chi connectivity index (χ4v) is 5.26. The van der Waals surface area contributed by atoms with Gasteiger partial charge in [0.15, 0.2) is 0 Å². The highest BCUT2D eigenvalue weighted by Crippen LogP contribution is 2.38. The van der Waals surface area contributed by atoms with Crippen LogP contribution in [0, 0.1) is 0 Å². The summed E-state index contributed by atoms with van der Waals surface area (Å²) in [6, 6.07) is 20.0. The van der Waals surface area contributed by atoms with Crippen LogP contribution in [0.2, 0.25) is 0 Å². The maximum Gasteiger partial charge on any atom is 0.119 e. The molecule has 0 fully saturated rings. The molecule has 0 saturated heterocycles. The van der Waals surface area contributed by atoms with Crippen LogP contribution in [-0.4, -0.2) is 47.4 Å². The molecular formula is C31H40N2O3. The summed E-state index contributed by atoms with van der Waals surface area (Å²) in [5, 5.41) is 23.7. The molecule has 2 atom stereocenters. The molecule has 3 N–H and O–H groups in total. The van der Waals surface area contributed by atoms with Crippen molar-refractivity contribution in [1.29, 1.82) is 0 Å². The number of likely N-dealkylation sites (N-methyl/N-ethyl adjacent to an activating group) is 1. The van der Waals surface area contributed by atoms with Crippen molar-refractivity contribution < 1.29 is 14.9 Å². The first-order valence-corrected chi connectivity index (χ1v) is 13.3. The van der Waals surface area contributed by atoms with E-state index in [4.69, 9.17) is 4.74 Å². The highest BCUT2D eigenvalue weighted by molar-refractivity contribution is 5.58. The zero-order chi connectivity index (χ0) is 25.5. The van der Waals surface area contributed by atoms with E-state index in [9.17, 15) is 10.2 Å². The molecule has 3 aromatic carbocycles. The second-order valence-corrected chi connectivity index (χ2v) is 9.93. The van der Waals surface area contributed by atoms with E-state index < -0.39 is 0 Å². The monoisotopic (exact) mass is 488 g/mol. The number of hydrogen-bond acceptors (Lipinski definition) is 5. The first-order valence-electron chi connectivity index (χ1n) is 13.3. The predicted molar refractivity (Wildman–Crippen MR) is 147 cm³/mol. The van der Waals surface area contributed by atoms with Gasteiger partial charge in [-0.05, 0) is 104 Å². The van der Waals surface area contributed by atoms with Crippen LogP contribution in [0.1, 0.15) is 55.4 Å². The predicted octanol–water partition coefficient (Wildman–Crippen LogP) is 6.13. The van der Waals surface area contributed by atoms with Crippen molar-refractivity contribution in [2.45, 2.75) is 58.4 Å². The lowest BCUT2D eigenvalue weighted by Gasteiger charge is -2.28. The molecule has 0 spiro atoms. The number of phenols is 2. The fraction of sp³-hybridized carbons (Fsp3) is 0.419. The Hall–Kier alpha value is -3.18. The second kappa shape index (κ2) is 12.2. The minimum Gasteiger partial charge on any atom is -0.508 e. The molecule has 0 saturated carbocycles. The third-order valence-corrected chi connectivity index (χ3v) is 7.33. The van der Waals surface area contributed by atoms with Crippen LogP contribution in [0.4, 0.5) is 5.69 Å². The van der Waals surface area contributed by atoms with Crippen molar-refractivity contribution in [3.63, 3.8) is 0 Å². The molecule has 192 valence electrons. The summed E-state index contributed by atoms with van der Waals surface area (Å²) in [7, 11) is 0. The van der Waals surface area contributed by atoms with Crippen molar-refractivity contribution in [2.75, 3.05) is 31.6 Å². The highest BCUT2D eigenvalue weighted by atomic mass is 16.5. The van der Waals surface area contributed by atoms with Gasteiger partial charge in [-0.1, -0.05) is 38.1 Å². The number of fused-ring (bicyclic) bond motifs is 1. The van der Waals surface area contributed by atoms with E-state index in [1.165, 1.54) is 22.3 Å². The Morgan fingerprint density at radius 1 is 0.944 bits per heavy atom. The standard InChI is InChI=1S/C31H40N2O3/c1-4-33(5-2)16-17-36-29-13-6-23(7-14-29)18-22(3)32-31-21-28(35)12-15-30(31)26-9-8-25-20-27(34)11-10-24(25)19-26/h6-7,10-15,20-22,26,32,34-35H,4-5,8-9,16-19H2,1-3H3. The van der Waals surface area contributed by atoms with Gasteiger partial charge in [-0.15, -0.1) is 0 Å². The summed E-state index contributed by atoms with van der Waals surface area (Å²) in [4.78, 5) is 2.36. The number of benzene rings is 3. The first kappa shape index (κ1) is 25.9. The molecule has 0 radical (unpaired) electrons. The van der Waals surface area contributed by atoms with Crippen molar-refractivity contribution in [3.05, 3.63) is 82.9 Å². The SMILES string of the molecule is CCN(CC)CCOc1ccc(CC(C)Nc2cc(O)ccc2C2CCc3cc(O)ccc3C2)cc1. The Bertz CT molecular complexity index is 1130. The molecule has 0 aromatic heterocycles. The molecule has 5 nitrogen and oxygen atoms in total. The molecule has 0 aliphatic heterocycles. The Labute approximate surface area is 215 Å². The molecule has 0 amide bonds. The Balaban J connectivity index is 1.37. The summed E-state index contributed by atoms with van der Waals surface area (Å²) >= 11 is 0. The summed E-state index contributed by atoms with van der Waals surface area (Å²) in [6.07, 6.45) is 3.80. The lowest BCUT2D eigenvalue weighted by molar-refractivity contribution is 0.223. The Morgan fingerprint density at radius 2 is 1.67 bits per heavy atom. The number of rotatable bonds is 11. The minimum atomic E-state index is 0.202. The quantitative estimate of drug-likeness (QED) is 0.303. The van der Waals surface area contributed by atoms with Gasteiger partial charge < -0.3 is 25.2 Å². The molecule has 1 aliphatic rings. The van der Waals surface area contributed by atoms with Crippen LogP contribution in [0.3, 0.4) is 0 Å². The van der Waals surface area contributed by atoms with Crippen LogP contribution in [-0.2, 0) is 19.3 Å². The van der Waals surface area contributed by atoms with E-state index in [2.05, 4.69) is 61.3 Å². The van der Waals surface area contributed by atoms with Gasteiger partial charge in [-0.3, -0.25) is 0 Å². The van der Waals surface area contributed by atoms with Gasteiger partial charge in [-0.2, -0.15) is 0 Å². The van der Waals surface area contributed by atoms with Gasteiger partial charge in [0.1, 0.15) is 23.9 Å². The zero-order valence-electron chi connectivity index (χ0n) is 21.8. The van der Waals surface area contributed by atoms with E-state index in [0.29, 0.717) is 18.3 Å². The smallest absolute Gasteiger partial charge is 0.119 e. The number of aromatic hydroxyl groups is 2. The Morgan fingerprint density at radius 3 is 2.42 bits per heavy atom. The van der Waals surface area contributed by atoms with E-state index in [-0.39, 0.29) is 11.8 Å². The normalized spacial score (nSPS) is 15.9. The molecule has 1 aliphatic carbocycles. The molecule has 36 heavy (non-hydrogen) atoms. The van der Waals surface area contributed by atoms with E-state index in [0.717, 1.165) is 56.8 Å². The number of aryl methyl sites for hydroxylation is 1. The van der Waals surface area contributed by atoms with Crippen molar-refractivity contribution in [1.82, 2.24) is 4.90 Å². The van der Waals surface area contributed by atoms with Crippen LogP contribution in [0.25, 0.3) is 0 Å². The summed E-state index contributed by atoms with van der Waals surface area (Å²) in [6.45, 7) is 10.3. The summed E-state index contributed by atoms with van der Waals surface area (Å²) < 4.78 is 5.92. The molecule has 2 unspecified atom stereocenters. The molecule has 5 heteroatoms. The average molecular weight is 489 g/mol. The molecule has 3 aromatic rings. The van der Waals surface area contributed by atoms with Crippen LogP contribution < -0.4 is 10.1 Å². The van der Waals surface area contributed by atoms with Gasteiger partial charge in [0.2, 0.25) is 0 Å². The minimum absolute atomic E-state index is 0.202. The zero-order valence-corrected chi connectivity index (χ0v) is 21.8. The summed E-state index contributed by atoms with van der Waals surface area (Å²) in [5.74, 6) is 1.91. The van der Waals surface area contributed by atoms with Crippen LogP contribution >= 0.6 is 0 Å². The van der Waals surface area contributed by atoms with Gasteiger partial charge in [0, 0.05) is 24.3 Å². The fourth-order valence-electron chi connectivity index (χ4n) is 5.26. The maximum absolute atomic E-state index is 10.2. The number of nitrogens with zero attached hydrogens (tertiary/aromatic N) is 1. The number of phenolic OH excluding ortho intramolecular Hbond substituents is 2. The van der Waals surface area contributed by atoms with E-state index in [1.807, 2.05) is 18.2 Å². The number of anilines is 1. The first-order chi connectivity index (χ1) is 17.4. The van der Waals surface area contributed by atoms with Crippen molar-refractivity contribution in [2.24, 2.45) is 0 Å². The van der Waals surface area contributed by atoms with Gasteiger partial charge in [0.25, 0.3) is 0 Å². The van der Waals surface area contributed by atoms with Gasteiger partial charge in [0.05, 0.1) is 0 Å². The maximum atomic E-state index is 10.2. The van der Waals surface area contributed by atoms with Crippen LogP contribution in [0.5, 0.6) is 17.2 Å². The number of hydrogen-bond donors (Lipinski definition) is 3. The van der Waals surface area contributed by atoms with Crippen molar-refractivity contribution >= 4 is 5.69 Å². The third kappa shape index (κ3) is 6.73. The molecule has 4 rings (SSSR count). The number of nitrogens with one attached hydrogen (secondary N) is 1. The molecular weight excluding hydrogens is 448 g/mol. The third-order valence-electron chi connectivity index (χ3n) is 7.33. The van der Waals surface area contributed by atoms with E-state index in [1.54, 1.807) is 12.1 Å². The van der Waals surface area contributed by atoms with Crippen molar-refractivity contribution in [3.8, 4) is 17.2 Å². The Kier molecular flexibility index (Phi) is 8.76. The lowest BCUT2D eigenvalue weighted by Crippen LogP contribution is -2.27. The van der Waals surface area contributed by atoms with Gasteiger partial charge >= 0.3 is 0 Å². The summed E-state index contributed by atoms with van der Waals surface area (Å²) in [5.41, 5.74) is 6.05. The molecule has 0 heterocycles.